The summed E-state index contributed by atoms with van der Waals surface area (Å²) in [5.41, 5.74) is -0.423. The maximum atomic E-state index is 13.8. The lowest BCUT2D eigenvalue weighted by Gasteiger charge is -2.09. The minimum Gasteiger partial charge on any atom is -0.465 e. The highest BCUT2D eigenvalue weighted by Gasteiger charge is 2.18. The molecule has 2 rings (SSSR count). The number of benzene rings is 1. The summed E-state index contributed by atoms with van der Waals surface area (Å²) in [5.74, 6) is -3.22. The van der Waals surface area contributed by atoms with Crippen molar-refractivity contribution in [3.05, 3.63) is 50.7 Å². The number of carbonyl (C=O) groups is 1. The van der Waals surface area contributed by atoms with Crippen LogP contribution in [0, 0.1) is 11.6 Å². The fourth-order valence-corrected chi connectivity index (χ4v) is 2.85. The average molecular weight is 332 g/mol. The van der Waals surface area contributed by atoms with Crippen LogP contribution in [0.5, 0.6) is 0 Å². The Kier molecular flexibility index (Phi) is 5.14. The molecule has 7 heteroatoms. The van der Waals surface area contributed by atoms with Gasteiger partial charge in [0.1, 0.15) is 0 Å². The van der Waals surface area contributed by atoms with Gasteiger partial charge >= 0.3 is 5.97 Å². The molecule has 21 heavy (non-hydrogen) atoms. The first kappa shape index (κ1) is 15.7. The second kappa shape index (κ2) is 6.87. The summed E-state index contributed by atoms with van der Waals surface area (Å²) >= 11 is 7.24. The number of anilines is 1. The molecule has 0 aliphatic heterocycles. The second-order valence-corrected chi connectivity index (χ2v) is 5.96. The summed E-state index contributed by atoms with van der Waals surface area (Å²) in [6.07, 6.45) is 0.636. The SMILES string of the molecule is COC(=O)c1ccc(NCCc2ccc(Cl)s2)c(F)c1F. The molecule has 1 aromatic heterocycles. The Labute approximate surface area is 129 Å². The van der Waals surface area contributed by atoms with Crippen molar-refractivity contribution in [2.75, 3.05) is 19.0 Å². The molecule has 0 saturated heterocycles. The molecule has 0 amide bonds. The second-order valence-electron chi connectivity index (χ2n) is 4.16. The summed E-state index contributed by atoms with van der Waals surface area (Å²) in [6, 6.07) is 6.17. The van der Waals surface area contributed by atoms with Crippen LogP contribution >= 0.6 is 22.9 Å². The third-order valence-electron chi connectivity index (χ3n) is 2.80. The van der Waals surface area contributed by atoms with Crippen LogP contribution in [0.2, 0.25) is 4.34 Å². The lowest BCUT2D eigenvalue weighted by molar-refractivity contribution is 0.0594. The Balaban J connectivity index is 2.04. The van der Waals surface area contributed by atoms with E-state index in [1.54, 1.807) is 6.07 Å². The molecule has 0 radical (unpaired) electrons. The van der Waals surface area contributed by atoms with Crippen LogP contribution in [-0.4, -0.2) is 19.6 Å². The molecule has 1 heterocycles. The van der Waals surface area contributed by atoms with Gasteiger partial charge < -0.3 is 10.1 Å². The molecular formula is C14H12ClF2NO2S. The predicted molar refractivity (Wildman–Crippen MR) is 79.2 cm³/mol. The highest BCUT2D eigenvalue weighted by molar-refractivity contribution is 7.16. The number of thiophene rings is 1. The van der Waals surface area contributed by atoms with Gasteiger partial charge in [-0.25, -0.2) is 13.6 Å². The number of halogens is 3. The van der Waals surface area contributed by atoms with Gasteiger partial charge in [-0.3, -0.25) is 0 Å². The minimum absolute atomic E-state index is 0.00260. The van der Waals surface area contributed by atoms with Crippen LogP contribution in [0.15, 0.2) is 24.3 Å². The van der Waals surface area contributed by atoms with Crippen molar-refractivity contribution in [1.29, 1.82) is 0 Å². The van der Waals surface area contributed by atoms with Gasteiger partial charge in [-0.2, -0.15) is 0 Å². The number of nitrogens with one attached hydrogen (secondary N) is 1. The van der Waals surface area contributed by atoms with Crippen LogP contribution in [0.1, 0.15) is 15.2 Å². The zero-order chi connectivity index (χ0) is 15.4. The van der Waals surface area contributed by atoms with Gasteiger partial charge in [-0.1, -0.05) is 11.6 Å². The van der Waals surface area contributed by atoms with E-state index in [1.807, 2.05) is 6.07 Å². The molecule has 0 aliphatic carbocycles. The number of hydrogen-bond acceptors (Lipinski definition) is 4. The van der Waals surface area contributed by atoms with Crippen LogP contribution in [0.3, 0.4) is 0 Å². The summed E-state index contributed by atoms with van der Waals surface area (Å²) in [4.78, 5) is 12.3. The van der Waals surface area contributed by atoms with E-state index in [0.717, 1.165) is 12.0 Å². The Morgan fingerprint density at radius 3 is 2.67 bits per heavy atom. The number of rotatable bonds is 5. The lowest BCUT2D eigenvalue weighted by Crippen LogP contribution is -2.10. The van der Waals surface area contributed by atoms with E-state index >= 15 is 0 Å². The van der Waals surface area contributed by atoms with Crippen molar-refractivity contribution in [1.82, 2.24) is 0 Å². The predicted octanol–water partition coefficient (Wildman–Crippen LogP) is 4.12. The first-order chi connectivity index (χ1) is 10.0. The van der Waals surface area contributed by atoms with Crippen molar-refractivity contribution >= 4 is 34.6 Å². The third kappa shape index (κ3) is 3.71. The number of esters is 1. The maximum absolute atomic E-state index is 13.8. The normalized spacial score (nSPS) is 10.5. The molecular weight excluding hydrogens is 320 g/mol. The molecule has 0 aliphatic rings. The van der Waals surface area contributed by atoms with Gasteiger partial charge in [-0.15, -0.1) is 11.3 Å². The molecule has 0 bridgehead atoms. The number of hydrogen-bond donors (Lipinski definition) is 1. The Morgan fingerprint density at radius 2 is 2.05 bits per heavy atom. The molecule has 0 atom stereocenters. The number of ether oxygens (including phenoxy) is 1. The Hall–Kier alpha value is -1.66. The topological polar surface area (TPSA) is 38.3 Å². The Morgan fingerprint density at radius 1 is 1.29 bits per heavy atom. The molecule has 1 aromatic carbocycles. The van der Waals surface area contributed by atoms with E-state index in [4.69, 9.17) is 11.6 Å². The minimum atomic E-state index is -1.22. The number of methoxy groups -OCH3 is 1. The summed E-state index contributed by atoms with van der Waals surface area (Å²) in [5, 5.41) is 2.79. The molecule has 0 spiro atoms. The van der Waals surface area contributed by atoms with E-state index in [9.17, 15) is 13.6 Å². The summed E-state index contributed by atoms with van der Waals surface area (Å²) in [7, 11) is 1.11. The van der Waals surface area contributed by atoms with E-state index in [2.05, 4.69) is 10.1 Å². The van der Waals surface area contributed by atoms with Gasteiger partial charge in [0.25, 0.3) is 0 Å². The summed E-state index contributed by atoms with van der Waals surface area (Å²) < 4.78 is 32.6. The van der Waals surface area contributed by atoms with Crippen LogP contribution in [0.25, 0.3) is 0 Å². The van der Waals surface area contributed by atoms with Gasteiger partial charge in [0.15, 0.2) is 11.6 Å². The highest BCUT2D eigenvalue weighted by Crippen LogP contribution is 2.23. The highest BCUT2D eigenvalue weighted by atomic mass is 35.5. The molecule has 0 unspecified atom stereocenters. The average Bonchev–Trinajstić information content (AvgIpc) is 2.88. The van der Waals surface area contributed by atoms with Crippen LogP contribution in [0.4, 0.5) is 14.5 Å². The standard InChI is InChI=1S/C14H12ClF2NO2S/c1-20-14(19)9-3-4-10(13(17)12(9)16)18-7-6-8-2-5-11(15)21-8/h2-5,18H,6-7H2,1H3. The van der Waals surface area contributed by atoms with Crippen LogP contribution in [-0.2, 0) is 11.2 Å². The van der Waals surface area contributed by atoms with E-state index < -0.39 is 23.2 Å². The summed E-state index contributed by atoms with van der Waals surface area (Å²) in [6.45, 7) is 0.421. The fourth-order valence-electron chi connectivity index (χ4n) is 1.76. The van der Waals surface area contributed by atoms with Crippen molar-refractivity contribution in [3.8, 4) is 0 Å². The van der Waals surface area contributed by atoms with Crippen LogP contribution < -0.4 is 5.32 Å². The number of carbonyl (C=O) groups excluding carboxylic acids is 1. The van der Waals surface area contributed by atoms with E-state index in [0.29, 0.717) is 17.3 Å². The fraction of sp³-hybridized carbons (Fsp3) is 0.214. The maximum Gasteiger partial charge on any atom is 0.340 e. The third-order valence-corrected chi connectivity index (χ3v) is 4.09. The molecule has 1 N–H and O–H groups in total. The van der Waals surface area contributed by atoms with Crippen molar-refractivity contribution < 1.29 is 18.3 Å². The van der Waals surface area contributed by atoms with Gasteiger partial charge in [0.2, 0.25) is 0 Å². The molecule has 0 saturated carbocycles. The lowest BCUT2D eigenvalue weighted by atomic mass is 10.1. The van der Waals surface area contributed by atoms with E-state index in [-0.39, 0.29) is 5.69 Å². The quantitative estimate of drug-likeness (QED) is 0.837. The van der Waals surface area contributed by atoms with Crippen molar-refractivity contribution in [2.24, 2.45) is 0 Å². The smallest absolute Gasteiger partial charge is 0.340 e. The van der Waals surface area contributed by atoms with E-state index in [1.165, 1.54) is 23.5 Å². The molecule has 112 valence electrons. The Bertz CT molecular complexity index is 660. The van der Waals surface area contributed by atoms with Gasteiger partial charge in [0.05, 0.1) is 22.7 Å². The zero-order valence-corrected chi connectivity index (χ0v) is 12.7. The van der Waals surface area contributed by atoms with Crippen molar-refractivity contribution in [2.45, 2.75) is 6.42 Å². The van der Waals surface area contributed by atoms with Gasteiger partial charge in [0, 0.05) is 11.4 Å². The largest absolute Gasteiger partial charge is 0.465 e. The first-order valence-electron chi connectivity index (χ1n) is 6.07. The monoisotopic (exact) mass is 331 g/mol. The first-order valence-corrected chi connectivity index (χ1v) is 7.26. The van der Waals surface area contributed by atoms with Crippen molar-refractivity contribution in [3.63, 3.8) is 0 Å². The molecule has 2 aromatic rings. The molecule has 3 nitrogen and oxygen atoms in total. The molecule has 0 fully saturated rings. The van der Waals surface area contributed by atoms with Gasteiger partial charge in [-0.05, 0) is 30.7 Å². The zero-order valence-electron chi connectivity index (χ0n) is 11.1.